The molecule has 0 aromatic rings. The Labute approximate surface area is 78.9 Å². The first-order chi connectivity index (χ1) is 6.09. The molecule has 1 atom stereocenters. The van der Waals surface area contributed by atoms with E-state index >= 15 is 0 Å². The molecule has 1 aliphatic rings. The highest BCUT2D eigenvalue weighted by atomic mass is 16.5. The van der Waals surface area contributed by atoms with E-state index in [-0.39, 0.29) is 5.97 Å². The van der Waals surface area contributed by atoms with Crippen LogP contribution in [0.1, 0.15) is 32.6 Å². The van der Waals surface area contributed by atoms with Gasteiger partial charge in [-0.25, -0.2) is 4.79 Å². The van der Waals surface area contributed by atoms with Crippen molar-refractivity contribution in [2.24, 2.45) is 5.73 Å². The number of carbonyl (C=O) groups is 1. The summed E-state index contributed by atoms with van der Waals surface area (Å²) in [5, 5.41) is 0. The van der Waals surface area contributed by atoms with Crippen LogP contribution in [0.15, 0.2) is 11.6 Å². The van der Waals surface area contributed by atoms with Crippen molar-refractivity contribution in [3.05, 3.63) is 11.6 Å². The van der Waals surface area contributed by atoms with Gasteiger partial charge in [0.15, 0.2) is 0 Å². The number of allylic oxidation sites excluding steroid dienone is 1. The van der Waals surface area contributed by atoms with Gasteiger partial charge >= 0.3 is 5.97 Å². The molecule has 0 saturated heterocycles. The van der Waals surface area contributed by atoms with Gasteiger partial charge < -0.3 is 10.5 Å². The molecule has 1 rings (SSSR count). The number of hydrogen-bond acceptors (Lipinski definition) is 3. The maximum atomic E-state index is 11.3. The fourth-order valence-corrected chi connectivity index (χ4v) is 1.65. The highest BCUT2D eigenvalue weighted by Crippen LogP contribution is 2.26. The lowest BCUT2D eigenvalue weighted by Gasteiger charge is -2.27. The summed E-state index contributed by atoms with van der Waals surface area (Å²) in [6, 6.07) is 0. The molecule has 0 saturated carbocycles. The highest BCUT2D eigenvalue weighted by molar-refractivity contribution is 5.84. The molecule has 0 aromatic carbocycles. The van der Waals surface area contributed by atoms with Crippen molar-refractivity contribution < 1.29 is 9.53 Å². The molecule has 0 amide bonds. The van der Waals surface area contributed by atoms with Crippen LogP contribution in [0.5, 0.6) is 0 Å². The van der Waals surface area contributed by atoms with Crippen LogP contribution in [0.4, 0.5) is 0 Å². The largest absolute Gasteiger partial charge is 0.467 e. The molecule has 0 aromatic heterocycles. The van der Waals surface area contributed by atoms with Gasteiger partial charge in [-0.2, -0.15) is 0 Å². The molecular formula is C10H17NO2. The van der Waals surface area contributed by atoms with Crippen LogP contribution in [0.2, 0.25) is 0 Å². The molecule has 0 heterocycles. The SMILES string of the molecule is COC(=O)C(C)(N)C1=CCCCC1. The van der Waals surface area contributed by atoms with E-state index in [1.807, 2.05) is 0 Å². The van der Waals surface area contributed by atoms with Gasteiger partial charge in [0.2, 0.25) is 0 Å². The van der Waals surface area contributed by atoms with Crippen molar-refractivity contribution in [1.82, 2.24) is 0 Å². The summed E-state index contributed by atoms with van der Waals surface area (Å²) in [6.07, 6.45) is 6.33. The van der Waals surface area contributed by atoms with Crippen LogP contribution < -0.4 is 5.73 Å². The molecule has 1 aliphatic carbocycles. The average Bonchev–Trinajstić information content (AvgIpc) is 2.18. The quantitative estimate of drug-likeness (QED) is 0.519. The predicted molar refractivity (Wildman–Crippen MR) is 51.2 cm³/mol. The number of nitrogens with two attached hydrogens (primary N) is 1. The molecule has 0 bridgehead atoms. The third-order valence-electron chi connectivity index (χ3n) is 2.57. The first-order valence-corrected chi connectivity index (χ1v) is 4.66. The highest BCUT2D eigenvalue weighted by Gasteiger charge is 2.33. The molecule has 0 radical (unpaired) electrons. The summed E-state index contributed by atoms with van der Waals surface area (Å²) in [5.41, 5.74) is 6.00. The van der Waals surface area contributed by atoms with E-state index in [2.05, 4.69) is 10.8 Å². The van der Waals surface area contributed by atoms with Crippen molar-refractivity contribution in [2.75, 3.05) is 7.11 Å². The summed E-state index contributed by atoms with van der Waals surface area (Å²) >= 11 is 0. The van der Waals surface area contributed by atoms with Gasteiger partial charge in [0, 0.05) is 0 Å². The van der Waals surface area contributed by atoms with Crippen LogP contribution in [0.3, 0.4) is 0 Å². The second-order valence-corrected chi connectivity index (χ2v) is 3.67. The third-order valence-corrected chi connectivity index (χ3v) is 2.57. The van der Waals surface area contributed by atoms with Crippen molar-refractivity contribution >= 4 is 5.97 Å². The molecule has 3 heteroatoms. The number of esters is 1. The minimum atomic E-state index is -0.921. The van der Waals surface area contributed by atoms with Gasteiger partial charge in [0.1, 0.15) is 5.54 Å². The number of carbonyl (C=O) groups excluding carboxylic acids is 1. The van der Waals surface area contributed by atoms with Crippen LogP contribution >= 0.6 is 0 Å². The minimum Gasteiger partial charge on any atom is -0.467 e. The van der Waals surface area contributed by atoms with Crippen molar-refractivity contribution in [3.63, 3.8) is 0 Å². The van der Waals surface area contributed by atoms with E-state index in [0.29, 0.717) is 0 Å². The zero-order chi connectivity index (χ0) is 9.90. The molecule has 0 fully saturated rings. The van der Waals surface area contributed by atoms with Gasteiger partial charge in [-0.15, -0.1) is 0 Å². The Morgan fingerprint density at radius 3 is 2.77 bits per heavy atom. The second-order valence-electron chi connectivity index (χ2n) is 3.67. The van der Waals surface area contributed by atoms with Crippen LogP contribution in [-0.2, 0) is 9.53 Å². The Hall–Kier alpha value is -0.830. The standard InChI is InChI=1S/C10H17NO2/c1-10(11,9(12)13-2)8-6-4-3-5-7-8/h6H,3-5,7,11H2,1-2H3. The zero-order valence-corrected chi connectivity index (χ0v) is 8.30. The van der Waals surface area contributed by atoms with Crippen LogP contribution in [0, 0.1) is 0 Å². The number of rotatable bonds is 2. The Kier molecular flexibility index (Phi) is 3.09. The van der Waals surface area contributed by atoms with Gasteiger partial charge in [-0.3, -0.25) is 0 Å². The maximum Gasteiger partial charge on any atom is 0.329 e. The van der Waals surface area contributed by atoms with Gasteiger partial charge in [0.25, 0.3) is 0 Å². The van der Waals surface area contributed by atoms with E-state index in [1.54, 1.807) is 6.92 Å². The van der Waals surface area contributed by atoms with Crippen molar-refractivity contribution in [1.29, 1.82) is 0 Å². The van der Waals surface area contributed by atoms with Gasteiger partial charge in [-0.05, 0) is 38.2 Å². The van der Waals surface area contributed by atoms with E-state index in [9.17, 15) is 4.79 Å². The lowest BCUT2D eigenvalue weighted by atomic mass is 9.85. The van der Waals surface area contributed by atoms with Crippen molar-refractivity contribution in [2.45, 2.75) is 38.1 Å². The molecule has 3 nitrogen and oxygen atoms in total. The van der Waals surface area contributed by atoms with Gasteiger partial charge in [0.05, 0.1) is 7.11 Å². The Balaban J connectivity index is 2.78. The summed E-state index contributed by atoms with van der Waals surface area (Å²) in [6.45, 7) is 1.72. The Morgan fingerprint density at radius 2 is 2.31 bits per heavy atom. The normalized spacial score (nSPS) is 21.6. The minimum absolute atomic E-state index is 0.347. The van der Waals surface area contributed by atoms with E-state index in [1.165, 1.54) is 13.5 Å². The molecule has 13 heavy (non-hydrogen) atoms. The summed E-state index contributed by atoms with van der Waals surface area (Å²) in [4.78, 5) is 11.3. The monoisotopic (exact) mass is 183 g/mol. The predicted octanol–water partition coefficient (Wildman–Crippen LogP) is 1.38. The van der Waals surface area contributed by atoms with E-state index in [4.69, 9.17) is 5.73 Å². The van der Waals surface area contributed by atoms with Gasteiger partial charge in [-0.1, -0.05) is 6.08 Å². The average molecular weight is 183 g/mol. The smallest absolute Gasteiger partial charge is 0.329 e. The zero-order valence-electron chi connectivity index (χ0n) is 8.30. The summed E-state index contributed by atoms with van der Waals surface area (Å²) in [5.74, 6) is -0.347. The lowest BCUT2D eigenvalue weighted by Crippen LogP contribution is -2.47. The molecule has 2 N–H and O–H groups in total. The van der Waals surface area contributed by atoms with Crippen molar-refractivity contribution in [3.8, 4) is 0 Å². The first kappa shape index (κ1) is 10.3. The number of ether oxygens (including phenoxy) is 1. The molecule has 74 valence electrons. The Morgan fingerprint density at radius 1 is 1.62 bits per heavy atom. The molecule has 1 unspecified atom stereocenters. The maximum absolute atomic E-state index is 11.3. The molecule has 0 aliphatic heterocycles. The molecule has 0 spiro atoms. The van der Waals surface area contributed by atoms with Crippen LogP contribution in [-0.4, -0.2) is 18.6 Å². The van der Waals surface area contributed by atoms with Crippen LogP contribution in [0.25, 0.3) is 0 Å². The third kappa shape index (κ3) is 2.10. The first-order valence-electron chi connectivity index (χ1n) is 4.66. The number of hydrogen-bond donors (Lipinski definition) is 1. The Bertz CT molecular complexity index is 231. The number of methoxy groups -OCH3 is 1. The topological polar surface area (TPSA) is 52.3 Å². The summed E-state index contributed by atoms with van der Waals surface area (Å²) in [7, 11) is 1.37. The fourth-order valence-electron chi connectivity index (χ4n) is 1.65. The summed E-state index contributed by atoms with van der Waals surface area (Å²) < 4.78 is 4.66. The van der Waals surface area contributed by atoms with E-state index < -0.39 is 5.54 Å². The molecular weight excluding hydrogens is 166 g/mol. The fraction of sp³-hybridized carbons (Fsp3) is 0.700. The second kappa shape index (κ2) is 3.92. The lowest BCUT2D eigenvalue weighted by molar-refractivity contribution is -0.145. The van der Waals surface area contributed by atoms with E-state index in [0.717, 1.165) is 24.8 Å².